The summed E-state index contributed by atoms with van der Waals surface area (Å²) in [5.41, 5.74) is 6.84. The Morgan fingerprint density at radius 2 is 2.13 bits per heavy atom. The van der Waals surface area contributed by atoms with Crippen LogP contribution in [-0.2, 0) is 6.42 Å². The molecule has 0 bridgehead atoms. The van der Waals surface area contributed by atoms with E-state index in [1.807, 2.05) is 19.9 Å². The molecule has 0 aliphatic heterocycles. The summed E-state index contributed by atoms with van der Waals surface area (Å²) in [7, 11) is 0. The molecule has 0 fully saturated rings. The molecule has 0 saturated carbocycles. The van der Waals surface area contributed by atoms with Crippen LogP contribution in [-0.4, -0.2) is 22.6 Å². The van der Waals surface area contributed by atoms with Crippen molar-refractivity contribution in [2.75, 3.05) is 6.61 Å². The summed E-state index contributed by atoms with van der Waals surface area (Å²) < 4.78 is 5.35. The minimum atomic E-state index is 0.161. The number of hydrogen-bond acceptors (Lipinski definition) is 4. The molecule has 0 aliphatic carbocycles. The van der Waals surface area contributed by atoms with Crippen molar-refractivity contribution in [3.05, 3.63) is 17.6 Å². The molecular weight excluding hydrogens is 190 g/mol. The van der Waals surface area contributed by atoms with Crippen molar-refractivity contribution in [2.45, 2.75) is 39.7 Å². The summed E-state index contributed by atoms with van der Waals surface area (Å²) in [5.74, 6) is 1.38. The highest BCUT2D eigenvalue weighted by molar-refractivity contribution is 5.16. The number of ether oxygens (including phenoxy) is 1. The first-order valence-electron chi connectivity index (χ1n) is 5.38. The van der Waals surface area contributed by atoms with Crippen LogP contribution in [0.3, 0.4) is 0 Å². The highest BCUT2D eigenvalue weighted by Gasteiger charge is 2.06. The molecule has 1 aromatic rings. The van der Waals surface area contributed by atoms with Gasteiger partial charge in [-0.2, -0.15) is 4.98 Å². The third-order valence-electron chi connectivity index (χ3n) is 2.16. The van der Waals surface area contributed by atoms with Crippen molar-refractivity contribution in [3.8, 4) is 5.88 Å². The minimum Gasteiger partial charge on any atom is -0.478 e. The molecule has 4 heteroatoms. The first-order chi connectivity index (χ1) is 7.15. The molecule has 15 heavy (non-hydrogen) atoms. The van der Waals surface area contributed by atoms with Gasteiger partial charge in [0.2, 0.25) is 5.88 Å². The summed E-state index contributed by atoms with van der Waals surface area (Å²) in [6, 6.07) is 2.03. The maximum Gasteiger partial charge on any atom is 0.216 e. The van der Waals surface area contributed by atoms with Crippen molar-refractivity contribution in [1.82, 2.24) is 9.97 Å². The number of rotatable bonds is 5. The minimum absolute atomic E-state index is 0.161. The van der Waals surface area contributed by atoms with Crippen molar-refractivity contribution in [1.29, 1.82) is 0 Å². The van der Waals surface area contributed by atoms with Crippen LogP contribution in [0.1, 0.15) is 31.8 Å². The van der Waals surface area contributed by atoms with Gasteiger partial charge in [0.25, 0.3) is 0 Å². The van der Waals surface area contributed by atoms with Gasteiger partial charge in [0.15, 0.2) is 0 Å². The molecule has 4 nitrogen and oxygen atoms in total. The van der Waals surface area contributed by atoms with E-state index in [1.165, 1.54) is 0 Å². The van der Waals surface area contributed by atoms with Crippen LogP contribution >= 0.6 is 0 Å². The van der Waals surface area contributed by atoms with Crippen molar-refractivity contribution < 1.29 is 4.74 Å². The lowest BCUT2D eigenvalue weighted by atomic mass is 10.1. The number of aryl methyl sites for hydroxylation is 1. The lowest BCUT2D eigenvalue weighted by Crippen LogP contribution is -2.22. The lowest BCUT2D eigenvalue weighted by molar-refractivity contribution is 0.324. The molecule has 1 aromatic heterocycles. The van der Waals surface area contributed by atoms with Crippen LogP contribution in [0.15, 0.2) is 6.07 Å². The maximum atomic E-state index is 5.88. The van der Waals surface area contributed by atoms with Crippen LogP contribution < -0.4 is 10.5 Å². The zero-order valence-corrected chi connectivity index (χ0v) is 9.66. The van der Waals surface area contributed by atoms with Gasteiger partial charge >= 0.3 is 0 Å². The Hall–Kier alpha value is -1.16. The fourth-order valence-corrected chi connectivity index (χ4v) is 1.34. The topological polar surface area (TPSA) is 61.0 Å². The zero-order valence-electron chi connectivity index (χ0n) is 9.66. The van der Waals surface area contributed by atoms with Crippen LogP contribution in [0.4, 0.5) is 0 Å². The number of aromatic nitrogens is 2. The van der Waals surface area contributed by atoms with E-state index in [0.717, 1.165) is 24.4 Å². The monoisotopic (exact) mass is 209 g/mol. The van der Waals surface area contributed by atoms with Gasteiger partial charge in [0.1, 0.15) is 5.82 Å². The fourth-order valence-electron chi connectivity index (χ4n) is 1.34. The van der Waals surface area contributed by atoms with Gasteiger partial charge in [-0.25, -0.2) is 4.98 Å². The van der Waals surface area contributed by atoms with Crippen LogP contribution in [0.25, 0.3) is 0 Å². The van der Waals surface area contributed by atoms with Gasteiger partial charge < -0.3 is 10.5 Å². The van der Waals surface area contributed by atoms with Crippen LogP contribution in [0.5, 0.6) is 5.88 Å². The van der Waals surface area contributed by atoms with Crippen LogP contribution in [0, 0.1) is 6.92 Å². The summed E-state index contributed by atoms with van der Waals surface area (Å²) in [6.07, 6.45) is 1.73. The SMILES string of the molecule is CCOc1cc(CC(N)CC)nc(C)n1. The second-order valence-corrected chi connectivity index (χ2v) is 3.55. The fraction of sp³-hybridized carbons (Fsp3) is 0.636. The van der Waals surface area contributed by atoms with Gasteiger partial charge in [0, 0.05) is 24.2 Å². The Balaban J connectivity index is 2.78. The Labute approximate surface area is 90.9 Å². The van der Waals surface area contributed by atoms with Gasteiger partial charge in [-0.15, -0.1) is 0 Å². The molecule has 1 atom stereocenters. The highest BCUT2D eigenvalue weighted by atomic mass is 16.5. The highest BCUT2D eigenvalue weighted by Crippen LogP contribution is 2.11. The number of nitrogens with two attached hydrogens (primary N) is 1. The molecule has 0 spiro atoms. The predicted molar refractivity (Wildman–Crippen MR) is 59.9 cm³/mol. The molecule has 1 unspecified atom stereocenters. The maximum absolute atomic E-state index is 5.88. The Morgan fingerprint density at radius 1 is 1.40 bits per heavy atom. The molecule has 2 N–H and O–H groups in total. The molecular formula is C11H19N3O. The molecule has 1 rings (SSSR count). The summed E-state index contributed by atoms with van der Waals surface area (Å²) in [4.78, 5) is 8.52. The Bertz CT molecular complexity index is 315. The van der Waals surface area contributed by atoms with Gasteiger partial charge in [-0.1, -0.05) is 6.92 Å². The normalized spacial score (nSPS) is 12.5. The molecule has 0 saturated heterocycles. The predicted octanol–water partition coefficient (Wildman–Crippen LogP) is 1.46. The molecule has 0 amide bonds. The summed E-state index contributed by atoms with van der Waals surface area (Å²) in [6.45, 7) is 6.50. The van der Waals surface area contributed by atoms with Gasteiger partial charge in [-0.05, 0) is 20.3 Å². The first kappa shape index (κ1) is 11.9. The lowest BCUT2D eigenvalue weighted by Gasteiger charge is -2.10. The third kappa shape index (κ3) is 3.83. The van der Waals surface area contributed by atoms with E-state index in [4.69, 9.17) is 10.5 Å². The molecule has 0 radical (unpaired) electrons. The van der Waals surface area contributed by atoms with Crippen molar-refractivity contribution >= 4 is 0 Å². The smallest absolute Gasteiger partial charge is 0.216 e. The second-order valence-electron chi connectivity index (χ2n) is 3.55. The zero-order chi connectivity index (χ0) is 11.3. The third-order valence-corrected chi connectivity index (χ3v) is 2.16. The van der Waals surface area contributed by atoms with Gasteiger partial charge in [0.05, 0.1) is 6.61 Å². The number of nitrogens with zero attached hydrogens (tertiary/aromatic N) is 2. The van der Waals surface area contributed by atoms with E-state index in [1.54, 1.807) is 0 Å². The average molecular weight is 209 g/mol. The quantitative estimate of drug-likeness (QED) is 0.797. The van der Waals surface area contributed by atoms with E-state index in [-0.39, 0.29) is 6.04 Å². The van der Waals surface area contributed by atoms with Gasteiger partial charge in [-0.3, -0.25) is 0 Å². The Morgan fingerprint density at radius 3 is 2.73 bits per heavy atom. The van der Waals surface area contributed by atoms with Crippen molar-refractivity contribution in [2.24, 2.45) is 5.73 Å². The molecule has 0 aliphatic rings. The van der Waals surface area contributed by atoms with E-state index in [0.29, 0.717) is 12.5 Å². The number of hydrogen-bond donors (Lipinski definition) is 1. The summed E-state index contributed by atoms with van der Waals surface area (Å²) in [5, 5.41) is 0. The average Bonchev–Trinajstić information content (AvgIpc) is 2.17. The van der Waals surface area contributed by atoms with E-state index < -0.39 is 0 Å². The molecule has 1 heterocycles. The first-order valence-corrected chi connectivity index (χ1v) is 5.38. The Kier molecular flexibility index (Phi) is 4.49. The molecule has 84 valence electrons. The van der Waals surface area contributed by atoms with Crippen LogP contribution in [0.2, 0.25) is 0 Å². The van der Waals surface area contributed by atoms with Crippen molar-refractivity contribution in [3.63, 3.8) is 0 Å². The molecule has 0 aromatic carbocycles. The summed E-state index contributed by atoms with van der Waals surface area (Å²) >= 11 is 0. The van der Waals surface area contributed by atoms with E-state index in [9.17, 15) is 0 Å². The standard InChI is InChI=1S/C11H19N3O/c1-4-9(12)6-10-7-11(15-5-2)14-8(3)13-10/h7,9H,4-6,12H2,1-3H3. The van der Waals surface area contributed by atoms with E-state index in [2.05, 4.69) is 16.9 Å². The largest absolute Gasteiger partial charge is 0.478 e. The van der Waals surface area contributed by atoms with E-state index >= 15 is 0 Å². The second kappa shape index (κ2) is 5.66.